The van der Waals surface area contributed by atoms with Crippen LogP contribution in [0.25, 0.3) is 10.8 Å². The molecule has 0 unspecified atom stereocenters. The molecule has 0 amide bonds. The maximum atomic E-state index is 9.43. The molecule has 1 fully saturated rings. The van der Waals surface area contributed by atoms with Crippen LogP contribution in [0.5, 0.6) is 5.75 Å². The molecular weight excluding hydrogens is 248 g/mol. The highest BCUT2D eigenvalue weighted by molar-refractivity contribution is 5.85. The van der Waals surface area contributed by atoms with Crippen molar-refractivity contribution in [2.24, 2.45) is 0 Å². The summed E-state index contributed by atoms with van der Waals surface area (Å²) < 4.78 is 0. The number of aromatic hydroxyl groups is 1. The van der Waals surface area contributed by atoms with Gasteiger partial charge in [-0.2, -0.15) is 0 Å². The lowest BCUT2D eigenvalue weighted by Crippen LogP contribution is -2.42. The lowest BCUT2D eigenvalue weighted by Gasteiger charge is -2.25. The fourth-order valence-electron chi connectivity index (χ4n) is 2.36. The highest BCUT2D eigenvalue weighted by atomic mass is 35.5. The minimum absolute atomic E-state index is 0. The van der Waals surface area contributed by atoms with E-state index in [0.717, 1.165) is 25.0 Å². The third kappa shape index (κ3) is 2.58. The van der Waals surface area contributed by atoms with E-state index in [1.165, 1.54) is 10.9 Å². The van der Waals surface area contributed by atoms with Gasteiger partial charge in [-0.15, -0.1) is 12.4 Å². The topological polar surface area (TPSA) is 44.3 Å². The van der Waals surface area contributed by atoms with E-state index in [0.29, 0.717) is 11.8 Å². The Labute approximate surface area is 113 Å². The van der Waals surface area contributed by atoms with Crippen molar-refractivity contribution >= 4 is 23.2 Å². The number of phenolic OH excluding ortho intramolecular Hbond substituents is 1. The Kier molecular flexibility index (Phi) is 4.07. The molecule has 1 aliphatic heterocycles. The van der Waals surface area contributed by atoms with Crippen LogP contribution in [0.15, 0.2) is 36.4 Å². The van der Waals surface area contributed by atoms with Gasteiger partial charge < -0.3 is 15.7 Å². The molecule has 96 valence electrons. The molecule has 0 aliphatic carbocycles. The predicted molar refractivity (Wildman–Crippen MR) is 76.5 cm³/mol. The number of halogens is 1. The maximum absolute atomic E-state index is 9.43. The molecule has 0 saturated carbocycles. The number of hydrogen-bond acceptors (Lipinski definition) is 3. The van der Waals surface area contributed by atoms with E-state index in [1.807, 2.05) is 6.07 Å². The first kappa shape index (κ1) is 13.1. The summed E-state index contributed by atoms with van der Waals surface area (Å²) in [6.07, 6.45) is 0. The number of fused-ring (bicyclic) bond motifs is 1. The SMILES string of the molecule is Cl.Oc1ccc2cc([C@H]3CNCCN3)ccc2c1. The van der Waals surface area contributed by atoms with Crippen LogP contribution < -0.4 is 10.6 Å². The van der Waals surface area contributed by atoms with Crippen LogP contribution in [-0.2, 0) is 0 Å². The third-order valence-corrected chi connectivity index (χ3v) is 3.29. The summed E-state index contributed by atoms with van der Waals surface area (Å²) in [6.45, 7) is 3.03. The van der Waals surface area contributed by atoms with E-state index < -0.39 is 0 Å². The number of rotatable bonds is 1. The van der Waals surface area contributed by atoms with Gasteiger partial charge in [-0.1, -0.05) is 18.2 Å². The van der Waals surface area contributed by atoms with Crippen LogP contribution in [0.1, 0.15) is 11.6 Å². The quantitative estimate of drug-likeness (QED) is 0.740. The van der Waals surface area contributed by atoms with Gasteiger partial charge in [0.05, 0.1) is 0 Å². The molecule has 4 heteroatoms. The number of phenols is 1. The van der Waals surface area contributed by atoms with Crippen molar-refractivity contribution in [2.45, 2.75) is 6.04 Å². The molecule has 2 aromatic carbocycles. The molecule has 18 heavy (non-hydrogen) atoms. The molecule has 1 aliphatic rings. The second kappa shape index (κ2) is 5.57. The van der Waals surface area contributed by atoms with Gasteiger partial charge in [0.15, 0.2) is 0 Å². The first-order chi connectivity index (χ1) is 8.33. The zero-order chi connectivity index (χ0) is 11.7. The first-order valence-electron chi connectivity index (χ1n) is 6.00. The molecule has 0 aromatic heterocycles. The predicted octanol–water partition coefficient (Wildman–Crippen LogP) is 2.20. The average Bonchev–Trinajstić information content (AvgIpc) is 2.39. The highest BCUT2D eigenvalue weighted by Gasteiger charge is 2.14. The second-order valence-corrected chi connectivity index (χ2v) is 4.50. The van der Waals surface area contributed by atoms with Gasteiger partial charge in [-0.25, -0.2) is 0 Å². The molecule has 3 N–H and O–H groups in total. The van der Waals surface area contributed by atoms with Gasteiger partial charge in [0.25, 0.3) is 0 Å². The minimum Gasteiger partial charge on any atom is -0.508 e. The Morgan fingerprint density at radius 2 is 1.78 bits per heavy atom. The van der Waals surface area contributed by atoms with Crippen LogP contribution in [0.3, 0.4) is 0 Å². The molecule has 0 radical (unpaired) electrons. The monoisotopic (exact) mass is 264 g/mol. The van der Waals surface area contributed by atoms with Gasteiger partial charge in [0.1, 0.15) is 5.75 Å². The van der Waals surface area contributed by atoms with Crippen LogP contribution >= 0.6 is 12.4 Å². The van der Waals surface area contributed by atoms with Crippen LogP contribution in [0, 0.1) is 0 Å². The zero-order valence-electron chi connectivity index (χ0n) is 10.0. The van der Waals surface area contributed by atoms with Gasteiger partial charge >= 0.3 is 0 Å². The van der Waals surface area contributed by atoms with Crippen molar-refractivity contribution in [1.29, 1.82) is 0 Å². The fourth-order valence-corrected chi connectivity index (χ4v) is 2.36. The summed E-state index contributed by atoms with van der Waals surface area (Å²) in [5, 5.41) is 18.6. The van der Waals surface area contributed by atoms with Crippen molar-refractivity contribution in [3.8, 4) is 5.75 Å². The van der Waals surface area contributed by atoms with Gasteiger partial charge in [-0.3, -0.25) is 0 Å². The molecule has 0 spiro atoms. The van der Waals surface area contributed by atoms with Gasteiger partial charge in [0.2, 0.25) is 0 Å². The normalized spacial score (nSPS) is 19.4. The van der Waals surface area contributed by atoms with Crippen molar-refractivity contribution in [1.82, 2.24) is 10.6 Å². The molecule has 3 rings (SSSR count). The van der Waals surface area contributed by atoms with Crippen LogP contribution in [0.4, 0.5) is 0 Å². The molecule has 1 saturated heterocycles. The summed E-state index contributed by atoms with van der Waals surface area (Å²) in [4.78, 5) is 0. The van der Waals surface area contributed by atoms with E-state index >= 15 is 0 Å². The second-order valence-electron chi connectivity index (χ2n) is 4.50. The number of nitrogens with one attached hydrogen (secondary N) is 2. The maximum Gasteiger partial charge on any atom is 0.116 e. The number of hydrogen-bond donors (Lipinski definition) is 3. The largest absolute Gasteiger partial charge is 0.508 e. The van der Waals surface area contributed by atoms with E-state index in [2.05, 4.69) is 28.8 Å². The van der Waals surface area contributed by atoms with E-state index in [4.69, 9.17) is 0 Å². The van der Waals surface area contributed by atoms with Crippen LogP contribution in [0.2, 0.25) is 0 Å². The van der Waals surface area contributed by atoms with E-state index in [9.17, 15) is 5.11 Å². The van der Waals surface area contributed by atoms with E-state index in [-0.39, 0.29) is 12.4 Å². The first-order valence-corrected chi connectivity index (χ1v) is 6.00. The Balaban J connectivity index is 0.00000120. The Bertz CT molecular complexity index is 538. The van der Waals surface area contributed by atoms with Crippen LogP contribution in [-0.4, -0.2) is 24.7 Å². The van der Waals surface area contributed by atoms with Crippen molar-refractivity contribution in [3.63, 3.8) is 0 Å². The number of benzene rings is 2. The Morgan fingerprint density at radius 1 is 1.00 bits per heavy atom. The highest BCUT2D eigenvalue weighted by Crippen LogP contribution is 2.24. The lowest BCUT2D eigenvalue weighted by molar-refractivity contribution is 0.430. The smallest absolute Gasteiger partial charge is 0.116 e. The van der Waals surface area contributed by atoms with Crippen molar-refractivity contribution in [3.05, 3.63) is 42.0 Å². The van der Waals surface area contributed by atoms with Gasteiger partial charge in [-0.05, 0) is 34.5 Å². The molecule has 1 atom stereocenters. The molecule has 3 nitrogen and oxygen atoms in total. The minimum atomic E-state index is 0. The number of piperazine rings is 1. The molecule has 2 aromatic rings. The Morgan fingerprint density at radius 3 is 2.56 bits per heavy atom. The van der Waals surface area contributed by atoms with Crippen molar-refractivity contribution in [2.75, 3.05) is 19.6 Å². The molecular formula is C14H17ClN2O. The van der Waals surface area contributed by atoms with E-state index in [1.54, 1.807) is 12.1 Å². The lowest BCUT2D eigenvalue weighted by atomic mass is 10.0. The molecule has 1 heterocycles. The Hall–Kier alpha value is -1.29. The van der Waals surface area contributed by atoms with Gasteiger partial charge in [0, 0.05) is 25.7 Å². The summed E-state index contributed by atoms with van der Waals surface area (Å²) >= 11 is 0. The summed E-state index contributed by atoms with van der Waals surface area (Å²) in [6, 6.07) is 12.3. The zero-order valence-corrected chi connectivity index (χ0v) is 10.8. The standard InChI is InChI=1S/C14H16N2O.ClH/c17-13-4-3-10-7-12(2-1-11(10)8-13)14-9-15-5-6-16-14;/h1-4,7-8,14-17H,5-6,9H2;1H/t14-;/m1./s1. The van der Waals surface area contributed by atoms with Crippen molar-refractivity contribution < 1.29 is 5.11 Å². The fraction of sp³-hybridized carbons (Fsp3) is 0.286. The summed E-state index contributed by atoms with van der Waals surface area (Å²) in [5.41, 5.74) is 1.30. The summed E-state index contributed by atoms with van der Waals surface area (Å²) in [5.74, 6) is 0.322. The molecule has 0 bridgehead atoms. The summed E-state index contributed by atoms with van der Waals surface area (Å²) in [7, 11) is 0. The third-order valence-electron chi connectivity index (χ3n) is 3.29. The average molecular weight is 265 g/mol.